The molecule has 1 aromatic heterocycles. The van der Waals surface area contributed by atoms with Crippen LogP contribution in [-0.2, 0) is 4.74 Å². The van der Waals surface area contributed by atoms with Crippen molar-refractivity contribution in [2.75, 3.05) is 6.61 Å². The lowest BCUT2D eigenvalue weighted by Crippen LogP contribution is -2.62. The van der Waals surface area contributed by atoms with E-state index in [9.17, 15) is 4.79 Å². The average Bonchev–Trinajstić information content (AvgIpc) is 2.37. The molecule has 0 bridgehead atoms. The first-order valence-corrected chi connectivity index (χ1v) is 6.73. The van der Waals surface area contributed by atoms with Gasteiger partial charge in [0.05, 0.1) is 18.5 Å². The molecule has 1 amide bonds. The Labute approximate surface area is 117 Å². The molecule has 104 valence electrons. The molecular formula is C13H18ClN3O2. The average molecular weight is 284 g/mol. The van der Waals surface area contributed by atoms with E-state index in [1.54, 1.807) is 0 Å². The Morgan fingerprint density at radius 3 is 2.89 bits per heavy atom. The second kappa shape index (κ2) is 5.43. The summed E-state index contributed by atoms with van der Waals surface area (Å²) >= 11 is 5.72. The number of aromatic nitrogens is 2. The molecule has 1 aromatic rings. The molecule has 2 atom stereocenters. The van der Waals surface area contributed by atoms with Crippen LogP contribution in [0.3, 0.4) is 0 Å². The molecule has 19 heavy (non-hydrogen) atoms. The third-order valence-electron chi connectivity index (χ3n) is 3.69. The van der Waals surface area contributed by atoms with E-state index in [0.29, 0.717) is 6.61 Å². The number of nitrogens with one attached hydrogen (secondary N) is 1. The molecule has 1 aliphatic carbocycles. The van der Waals surface area contributed by atoms with E-state index in [1.807, 2.05) is 6.92 Å². The molecule has 1 saturated carbocycles. The zero-order valence-corrected chi connectivity index (χ0v) is 12.1. The number of amides is 1. The summed E-state index contributed by atoms with van der Waals surface area (Å²) in [6, 6.07) is 0.0809. The number of rotatable bonds is 4. The zero-order chi connectivity index (χ0) is 14.0. The van der Waals surface area contributed by atoms with Gasteiger partial charge in [-0.25, -0.2) is 4.98 Å². The van der Waals surface area contributed by atoms with Gasteiger partial charge in [-0.2, -0.15) is 0 Å². The lowest BCUT2D eigenvalue weighted by molar-refractivity contribution is -0.111. The van der Waals surface area contributed by atoms with E-state index in [-0.39, 0.29) is 34.3 Å². The minimum Gasteiger partial charge on any atom is -0.378 e. The summed E-state index contributed by atoms with van der Waals surface area (Å²) in [5.74, 6) is -0.247. The number of carbonyl (C=O) groups is 1. The van der Waals surface area contributed by atoms with E-state index < -0.39 is 0 Å². The topological polar surface area (TPSA) is 64.1 Å². The lowest BCUT2D eigenvalue weighted by atomic mass is 9.64. The van der Waals surface area contributed by atoms with Gasteiger partial charge in [-0.05, 0) is 13.3 Å². The molecule has 6 heteroatoms. The third kappa shape index (κ3) is 2.87. The predicted octanol–water partition coefficient (Wildman–Crippen LogP) is 2.06. The fourth-order valence-electron chi connectivity index (χ4n) is 2.30. The summed E-state index contributed by atoms with van der Waals surface area (Å²) in [5.41, 5.74) is 0.167. The van der Waals surface area contributed by atoms with Crippen molar-refractivity contribution >= 4 is 17.5 Å². The minimum absolute atomic E-state index is 0.0718. The summed E-state index contributed by atoms with van der Waals surface area (Å²) in [5, 5.41) is 3.17. The Hall–Kier alpha value is -1.20. The molecule has 1 N–H and O–H groups in total. The van der Waals surface area contributed by atoms with Crippen LogP contribution >= 0.6 is 11.6 Å². The van der Waals surface area contributed by atoms with Gasteiger partial charge in [-0.1, -0.05) is 25.4 Å². The molecule has 1 fully saturated rings. The van der Waals surface area contributed by atoms with E-state index in [1.165, 1.54) is 12.4 Å². The summed E-state index contributed by atoms with van der Waals surface area (Å²) < 4.78 is 5.63. The molecule has 5 nitrogen and oxygen atoms in total. The Balaban J connectivity index is 1.98. The van der Waals surface area contributed by atoms with Crippen LogP contribution in [0.25, 0.3) is 0 Å². The highest BCUT2D eigenvalue weighted by atomic mass is 35.5. The van der Waals surface area contributed by atoms with Gasteiger partial charge >= 0.3 is 0 Å². The Morgan fingerprint density at radius 1 is 1.58 bits per heavy atom. The van der Waals surface area contributed by atoms with Gasteiger partial charge in [-0.3, -0.25) is 9.78 Å². The van der Waals surface area contributed by atoms with Gasteiger partial charge in [0, 0.05) is 18.1 Å². The number of carbonyl (C=O) groups excluding carboxylic acids is 1. The van der Waals surface area contributed by atoms with E-state index >= 15 is 0 Å². The van der Waals surface area contributed by atoms with Gasteiger partial charge < -0.3 is 10.1 Å². The number of nitrogens with zero attached hydrogens (tertiary/aromatic N) is 2. The van der Waals surface area contributed by atoms with Crippen molar-refractivity contribution in [1.82, 2.24) is 15.3 Å². The van der Waals surface area contributed by atoms with E-state index in [4.69, 9.17) is 16.3 Å². The quantitative estimate of drug-likeness (QED) is 0.919. The van der Waals surface area contributed by atoms with Crippen LogP contribution in [0.15, 0.2) is 12.4 Å². The van der Waals surface area contributed by atoms with Crippen LogP contribution in [0.1, 0.15) is 37.7 Å². The maximum atomic E-state index is 12.0. The first kappa shape index (κ1) is 14.2. The molecule has 0 aliphatic heterocycles. The Morgan fingerprint density at radius 2 is 2.32 bits per heavy atom. The molecule has 0 saturated heterocycles. The normalized spacial score (nSPS) is 24.6. The molecular weight excluding hydrogens is 266 g/mol. The minimum atomic E-state index is -0.247. The first-order valence-electron chi connectivity index (χ1n) is 6.35. The number of hydrogen-bond acceptors (Lipinski definition) is 4. The Bertz CT molecular complexity index is 479. The van der Waals surface area contributed by atoms with Gasteiger partial charge in [0.25, 0.3) is 5.91 Å². The Kier molecular flexibility index (Phi) is 4.06. The van der Waals surface area contributed by atoms with Gasteiger partial charge in [0.2, 0.25) is 0 Å². The monoisotopic (exact) mass is 283 g/mol. The smallest absolute Gasteiger partial charge is 0.271 e. The predicted molar refractivity (Wildman–Crippen MR) is 72.1 cm³/mol. The van der Waals surface area contributed by atoms with Gasteiger partial charge in [0.15, 0.2) is 0 Å². The summed E-state index contributed by atoms with van der Waals surface area (Å²) in [7, 11) is 0. The van der Waals surface area contributed by atoms with Crippen molar-refractivity contribution in [2.24, 2.45) is 5.41 Å². The lowest BCUT2D eigenvalue weighted by Gasteiger charge is -2.51. The van der Waals surface area contributed by atoms with Crippen molar-refractivity contribution < 1.29 is 9.53 Å². The summed E-state index contributed by atoms with van der Waals surface area (Å²) in [4.78, 5) is 19.8. The van der Waals surface area contributed by atoms with Crippen LogP contribution in [0.4, 0.5) is 0 Å². The van der Waals surface area contributed by atoms with Crippen LogP contribution in [-0.4, -0.2) is 34.6 Å². The highest BCUT2D eigenvalue weighted by Gasteiger charge is 2.49. The molecule has 2 rings (SSSR count). The van der Waals surface area contributed by atoms with E-state index in [0.717, 1.165) is 6.42 Å². The van der Waals surface area contributed by atoms with Crippen molar-refractivity contribution in [2.45, 2.75) is 39.3 Å². The SMILES string of the molecule is CCOC1CC(NC(=O)c2cncc(Cl)n2)C1(C)C. The highest BCUT2D eigenvalue weighted by Crippen LogP contribution is 2.42. The zero-order valence-electron chi connectivity index (χ0n) is 11.3. The maximum Gasteiger partial charge on any atom is 0.271 e. The van der Waals surface area contributed by atoms with Crippen molar-refractivity contribution in [3.05, 3.63) is 23.2 Å². The molecule has 1 heterocycles. The number of ether oxygens (including phenoxy) is 1. The standard InChI is InChI=1S/C13H18ClN3O2/c1-4-19-10-5-9(13(10,2)3)17-12(18)8-6-15-7-11(14)16-8/h6-7,9-10H,4-5H2,1-3H3,(H,17,18). The molecule has 0 aromatic carbocycles. The van der Waals surface area contributed by atoms with Crippen LogP contribution < -0.4 is 5.32 Å². The second-order valence-corrected chi connectivity index (χ2v) is 5.64. The number of hydrogen-bond donors (Lipinski definition) is 1. The first-order chi connectivity index (χ1) is 8.95. The molecule has 2 unspecified atom stereocenters. The van der Waals surface area contributed by atoms with Gasteiger partial charge in [0.1, 0.15) is 10.8 Å². The van der Waals surface area contributed by atoms with Crippen LogP contribution in [0, 0.1) is 5.41 Å². The third-order valence-corrected chi connectivity index (χ3v) is 3.87. The fourth-order valence-corrected chi connectivity index (χ4v) is 2.45. The van der Waals surface area contributed by atoms with Crippen LogP contribution in [0.2, 0.25) is 5.15 Å². The van der Waals surface area contributed by atoms with Crippen molar-refractivity contribution in [3.8, 4) is 0 Å². The van der Waals surface area contributed by atoms with Crippen molar-refractivity contribution in [3.63, 3.8) is 0 Å². The maximum absolute atomic E-state index is 12.0. The van der Waals surface area contributed by atoms with E-state index in [2.05, 4.69) is 29.1 Å². The fraction of sp³-hybridized carbons (Fsp3) is 0.615. The molecule has 0 spiro atoms. The largest absolute Gasteiger partial charge is 0.378 e. The molecule has 0 radical (unpaired) electrons. The summed E-state index contributed by atoms with van der Waals surface area (Å²) in [6.07, 6.45) is 3.82. The second-order valence-electron chi connectivity index (χ2n) is 5.25. The van der Waals surface area contributed by atoms with Crippen molar-refractivity contribution in [1.29, 1.82) is 0 Å². The highest BCUT2D eigenvalue weighted by molar-refractivity contribution is 6.29. The molecule has 1 aliphatic rings. The summed E-state index contributed by atoms with van der Waals surface area (Å²) in [6.45, 7) is 6.84. The van der Waals surface area contributed by atoms with Crippen LogP contribution in [0.5, 0.6) is 0 Å². The number of halogens is 1. The van der Waals surface area contributed by atoms with Gasteiger partial charge in [-0.15, -0.1) is 0 Å².